The van der Waals surface area contributed by atoms with E-state index in [0.717, 1.165) is 16.8 Å². The number of hydrogen-bond donors (Lipinski definition) is 2. The molecule has 2 N–H and O–H groups in total. The maximum absolute atomic E-state index is 9.76. The number of phenols is 1. The fraction of sp³-hybridized carbons (Fsp3) is 0.118. The van der Waals surface area contributed by atoms with Crippen LogP contribution in [0.3, 0.4) is 0 Å². The molecule has 0 aliphatic heterocycles. The Morgan fingerprint density at radius 2 is 1.62 bits per heavy atom. The Hall–Kier alpha value is -2.59. The largest absolute Gasteiger partial charge is 0.508 e. The summed E-state index contributed by atoms with van der Waals surface area (Å²) in [6, 6.07) is 17.4. The van der Waals surface area contributed by atoms with Crippen molar-refractivity contribution in [3.05, 3.63) is 78.1 Å². The number of nitrogens with zero attached hydrogens (tertiary/aromatic N) is 2. The lowest BCUT2D eigenvalue weighted by Gasteiger charge is -2.11. The van der Waals surface area contributed by atoms with E-state index in [2.05, 4.69) is 16.5 Å². The first-order valence-corrected chi connectivity index (χ1v) is 6.90. The van der Waals surface area contributed by atoms with E-state index < -0.39 is 0 Å². The van der Waals surface area contributed by atoms with Gasteiger partial charge in [-0.3, -0.25) is 0 Å². The van der Waals surface area contributed by atoms with Gasteiger partial charge in [0, 0.05) is 31.0 Å². The van der Waals surface area contributed by atoms with E-state index >= 15 is 0 Å². The molecule has 0 aliphatic carbocycles. The van der Waals surface area contributed by atoms with Crippen LogP contribution in [0.1, 0.15) is 11.1 Å². The highest BCUT2D eigenvalue weighted by molar-refractivity contribution is 5.40. The third-order valence-electron chi connectivity index (χ3n) is 3.37. The van der Waals surface area contributed by atoms with Gasteiger partial charge < -0.3 is 10.4 Å². The van der Waals surface area contributed by atoms with Crippen LogP contribution in [0.2, 0.25) is 0 Å². The number of hydrogen-bond acceptors (Lipinski definition) is 3. The minimum Gasteiger partial charge on any atom is -0.508 e. The summed E-state index contributed by atoms with van der Waals surface area (Å²) in [4.78, 5) is 0. The highest BCUT2D eigenvalue weighted by Gasteiger charge is 2.04. The average molecular weight is 279 g/mol. The van der Waals surface area contributed by atoms with Crippen LogP contribution in [-0.2, 0) is 13.1 Å². The van der Waals surface area contributed by atoms with E-state index in [1.165, 1.54) is 0 Å². The summed E-state index contributed by atoms with van der Waals surface area (Å²) in [6.07, 6.45) is 3.70. The molecule has 2 aromatic carbocycles. The molecule has 0 bridgehead atoms. The summed E-state index contributed by atoms with van der Waals surface area (Å²) in [6.45, 7) is 1.34. The second kappa shape index (κ2) is 6.24. The summed E-state index contributed by atoms with van der Waals surface area (Å²) in [5.41, 5.74) is 3.12. The van der Waals surface area contributed by atoms with Crippen LogP contribution in [0.25, 0.3) is 5.69 Å². The molecule has 0 aliphatic rings. The van der Waals surface area contributed by atoms with Crippen molar-refractivity contribution in [2.45, 2.75) is 13.1 Å². The van der Waals surface area contributed by atoms with Gasteiger partial charge >= 0.3 is 0 Å². The molecule has 0 spiro atoms. The molecule has 1 aromatic heterocycles. The minimum absolute atomic E-state index is 0.324. The van der Waals surface area contributed by atoms with Crippen LogP contribution in [0.4, 0.5) is 0 Å². The van der Waals surface area contributed by atoms with Gasteiger partial charge in [0.25, 0.3) is 0 Å². The number of aromatic nitrogens is 2. The van der Waals surface area contributed by atoms with Crippen LogP contribution >= 0.6 is 0 Å². The van der Waals surface area contributed by atoms with Crippen LogP contribution < -0.4 is 5.32 Å². The van der Waals surface area contributed by atoms with Gasteiger partial charge in [-0.15, -0.1) is 0 Å². The molecule has 0 fully saturated rings. The Kier molecular flexibility index (Phi) is 3.98. The highest BCUT2D eigenvalue weighted by atomic mass is 16.3. The predicted molar refractivity (Wildman–Crippen MR) is 82.2 cm³/mol. The van der Waals surface area contributed by atoms with E-state index in [1.54, 1.807) is 12.3 Å². The predicted octanol–water partition coefficient (Wildman–Crippen LogP) is 2.87. The number of para-hydroxylation sites is 2. The van der Waals surface area contributed by atoms with E-state index in [1.807, 2.05) is 53.3 Å². The van der Waals surface area contributed by atoms with Crippen molar-refractivity contribution < 1.29 is 5.11 Å². The summed E-state index contributed by atoms with van der Waals surface area (Å²) < 4.78 is 1.86. The van der Waals surface area contributed by atoms with Crippen LogP contribution in [0, 0.1) is 0 Å². The number of rotatable bonds is 5. The molecule has 0 unspecified atom stereocenters. The molecule has 3 rings (SSSR count). The van der Waals surface area contributed by atoms with Crippen molar-refractivity contribution in [3.8, 4) is 11.4 Å². The molecule has 1 heterocycles. The normalized spacial score (nSPS) is 10.7. The van der Waals surface area contributed by atoms with E-state index in [0.29, 0.717) is 18.8 Å². The van der Waals surface area contributed by atoms with Crippen LogP contribution in [0.5, 0.6) is 5.75 Å². The first-order chi connectivity index (χ1) is 10.3. The van der Waals surface area contributed by atoms with Gasteiger partial charge in [0.2, 0.25) is 0 Å². The third kappa shape index (κ3) is 3.12. The molecule has 106 valence electrons. The maximum Gasteiger partial charge on any atom is 0.120 e. The minimum atomic E-state index is 0.324. The summed E-state index contributed by atoms with van der Waals surface area (Å²) >= 11 is 0. The highest BCUT2D eigenvalue weighted by Crippen LogP contribution is 2.16. The fourth-order valence-corrected chi connectivity index (χ4v) is 2.29. The molecule has 21 heavy (non-hydrogen) atoms. The lowest BCUT2D eigenvalue weighted by Crippen LogP contribution is -2.14. The molecule has 3 aromatic rings. The van der Waals surface area contributed by atoms with Crippen LogP contribution in [-0.4, -0.2) is 14.9 Å². The molecule has 0 atom stereocenters. The smallest absolute Gasteiger partial charge is 0.120 e. The molecule has 0 radical (unpaired) electrons. The van der Waals surface area contributed by atoms with Crippen molar-refractivity contribution in [3.63, 3.8) is 0 Å². The molecular weight excluding hydrogens is 262 g/mol. The van der Waals surface area contributed by atoms with Gasteiger partial charge in [-0.05, 0) is 23.8 Å². The zero-order valence-electron chi connectivity index (χ0n) is 11.6. The Balaban J connectivity index is 1.70. The van der Waals surface area contributed by atoms with Gasteiger partial charge in [0.15, 0.2) is 0 Å². The Bertz CT molecular complexity index is 708. The number of benzene rings is 2. The van der Waals surface area contributed by atoms with Gasteiger partial charge in [0.1, 0.15) is 5.75 Å². The third-order valence-corrected chi connectivity index (χ3v) is 3.37. The first-order valence-electron chi connectivity index (χ1n) is 6.90. The number of phenolic OH excluding ortho intramolecular Hbond substituents is 1. The fourth-order valence-electron chi connectivity index (χ4n) is 2.29. The second-order valence-electron chi connectivity index (χ2n) is 4.81. The van der Waals surface area contributed by atoms with Gasteiger partial charge in [-0.25, -0.2) is 4.68 Å². The lowest BCUT2D eigenvalue weighted by atomic mass is 10.1. The first kappa shape index (κ1) is 13.4. The Labute approximate surface area is 123 Å². The van der Waals surface area contributed by atoms with Crippen molar-refractivity contribution in [2.24, 2.45) is 0 Å². The topological polar surface area (TPSA) is 50.1 Å². The lowest BCUT2D eigenvalue weighted by molar-refractivity contribution is 0.464. The van der Waals surface area contributed by atoms with Crippen molar-refractivity contribution in [1.82, 2.24) is 15.1 Å². The quantitative estimate of drug-likeness (QED) is 0.755. The van der Waals surface area contributed by atoms with Gasteiger partial charge in [-0.1, -0.05) is 36.4 Å². The molecular formula is C17H17N3O. The monoisotopic (exact) mass is 279 g/mol. The Morgan fingerprint density at radius 1 is 0.905 bits per heavy atom. The van der Waals surface area contributed by atoms with Crippen molar-refractivity contribution in [2.75, 3.05) is 0 Å². The number of nitrogens with one attached hydrogen (secondary N) is 1. The summed E-state index contributed by atoms with van der Waals surface area (Å²) in [5.74, 6) is 0.324. The van der Waals surface area contributed by atoms with E-state index in [9.17, 15) is 5.11 Å². The van der Waals surface area contributed by atoms with Crippen LogP contribution in [0.15, 0.2) is 67.0 Å². The van der Waals surface area contributed by atoms with Gasteiger partial charge in [-0.2, -0.15) is 5.10 Å². The zero-order chi connectivity index (χ0) is 14.5. The zero-order valence-corrected chi connectivity index (χ0v) is 11.6. The molecule has 0 saturated heterocycles. The molecule has 0 saturated carbocycles. The Morgan fingerprint density at radius 3 is 2.38 bits per heavy atom. The maximum atomic E-state index is 9.76. The standard InChI is InChI=1S/C17H17N3O/c21-17-9-4-2-7-15(17)13-18-12-14-6-1-3-8-16(14)20-11-5-10-19-20/h1-11,18,21H,12-13H2. The SMILES string of the molecule is Oc1ccccc1CNCc1ccccc1-n1cccn1. The average Bonchev–Trinajstić information content (AvgIpc) is 3.04. The second-order valence-corrected chi connectivity index (χ2v) is 4.81. The summed E-state index contributed by atoms with van der Waals surface area (Å²) in [5, 5.41) is 17.4. The molecule has 4 heteroatoms. The molecule has 0 amide bonds. The van der Waals surface area contributed by atoms with Crippen molar-refractivity contribution in [1.29, 1.82) is 0 Å². The van der Waals surface area contributed by atoms with Crippen molar-refractivity contribution >= 4 is 0 Å². The summed E-state index contributed by atoms with van der Waals surface area (Å²) in [7, 11) is 0. The van der Waals surface area contributed by atoms with E-state index in [4.69, 9.17) is 0 Å². The van der Waals surface area contributed by atoms with Gasteiger partial charge in [0.05, 0.1) is 5.69 Å². The molecule has 4 nitrogen and oxygen atoms in total. The van der Waals surface area contributed by atoms with E-state index in [-0.39, 0.29) is 0 Å². The number of aromatic hydroxyl groups is 1.